The Kier molecular flexibility index (Phi) is 2.60. The highest BCUT2D eigenvalue weighted by molar-refractivity contribution is 7.09. The maximum absolute atomic E-state index is 5.78. The van der Waals surface area contributed by atoms with Crippen molar-refractivity contribution in [2.75, 3.05) is 11.1 Å². The number of hydrogen-bond donors (Lipinski definition) is 2. The van der Waals surface area contributed by atoms with Crippen LogP contribution in [0.25, 0.3) is 11.0 Å². The number of nitrogens with one attached hydrogen (secondary N) is 1. The predicted molar refractivity (Wildman–Crippen MR) is 70.4 cm³/mol. The highest BCUT2D eigenvalue weighted by atomic mass is 32.1. The molecule has 0 aliphatic rings. The van der Waals surface area contributed by atoms with Crippen molar-refractivity contribution in [2.45, 2.75) is 13.5 Å². The molecule has 2 aromatic heterocycles. The lowest BCUT2D eigenvalue weighted by molar-refractivity contribution is 0.316. The topological polar surface area (TPSA) is 89.9 Å². The number of hydrogen-bond acceptors (Lipinski definition) is 7. The molecule has 0 aliphatic carbocycles. The molecule has 0 spiro atoms. The zero-order valence-corrected chi connectivity index (χ0v) is 10.5. The third kappa shape index (κ3) is 1.88. The summed E-state index contributed by atoms with van der Waals surface area (Å²) in [5, 5.41) is 13.9. The number of aryl methyl sites for hydroxylation is 1. The maximum Gasteiger partial charge on any atom is 0.160 e. The van der Waals surface area contributed by atoms with E-state index in [0.717, 1.165) is 16.4 Å². The van der Waals surface area contributed by atoms with Crippen LogP contribution in [-0.4, -0.2) is 15.3 Å². The molecule has 0 aliphatic heterocycles. The fraction of sp³-hybridized carbons (Fsp3) is 0.182. The Morgan fingerprint density at radius 1 is 1.33 bits per heavy atom. The Morgan fingerprint density at radius 2 is 2.17 bits per heavy atom. The number of anilines is 2. The first-order chi connectivity index (χ1) is 8.74. The van der Waals surface area contributed by atoms with Crippen molar-refractivity contribution < 1.29 is 4.63 Å². The van der Waals surface area contributed by atoms with Crippen molar-refractivity contribution in [3.63, 3.8) is 0 Å². The molecule has 0 saturated heterocycles. The standard InChI is InChI=1S/C11H11N5OS/c1-6-5-18-9(14-6)4-13-8-3-2-7(12)10-11(8)16-17-15-10/h2-3,5,13H,4,12H2,1H3. The Bertz CT molecular complexity index is 690. The molecule has 6 nitrogen and oxygen atoms in total. The molecule has 0 unspecified atom stereocenters. The van der Waals surface area contributed by atoms with Gasteiger partial charge in [-0.05, 0) is 29.4 Å². The lowest BCUT2D eigenvalue weighted by atomic mass is 10.2. The molecule has 0 saturated carbocycles. The van der Waals surface area contributed by atoms with Crippen molar-refractivity contribution >= 4 is 33.7 Å². The van der Waals surface area contributed by atoms with Gasteiger partial charge in [-0.25, -0.2) is 9.61 Å². The van der Waals surface area contributed by atoms with Crippen LogP contribution in [0.3, 0.4) is 0 Å². The summed E-state index contributed by atoms with van der Waals surface area (Å²) >= 11 is 1.62. The SMILES string of the molecule is Cc1csc(CNc2ccc(N)c3nonc23)n1. The lowest BCUT2D eigenvalue weighted by Gasteiger charge is -2.04. The molecule has 7 heteroatoms. The molecule has 0 bridgehead atoms. The van der Waals surface area contributed by atoms with Crippen LogP contribution in [0.4, 0.5) is 11.4 Å². The zero-order chi connectivity index (χ0) is 12.5. The minimum absolute atomic E-state index is 0.557. The molecule has 3 N–H and O–H groups in total. The molecule has 3 rings (SSSR count). The van der Waals surface area contributed by atoms with Crippen LogP contribution in [0.15, 0.2) is 22.1 Å². The Labute approximate surface area is 107 Å². The first-order valence-corrected chi connectivity index (χ1v) is 6.27. The largest absolute Gasteiger partial charge is 0.397 e. The average molecular weight is 261 g/mol. The monoisotopic (exact) mass is 261 g/mol. The lowest BCUT2D eigenvalue weighted by Crippen LogP contribution is -2.00. The quantitative estimate of drug-likeness (QED) is 0.702. The van der Waals surface area contributed by atoms with Gasteiger partial charge in [-0.1, -0.05) is 0 Å². The van der Waals surface area contributed by atoms with Gasteiger partial charge in [0, 0.05) is 11.1 Å². The molecule has 0 fully saturated rings. The van der Waals surface area contributed by atoms with Crippen LogP contribution < -0.4 is 11.1 Å². The molecule has 3 aromatic rings. The molecule has 92 valence electrons. The van der Waals surface area contributed by atoms with Gasteiger partial charge in [0.25, 0.3) is 0 Å². The van der Waals surface area contributed by atoms with Gasteiger partial charge >= 0.3 is 0 Å². The minimum atomic E-state index is 0.557. The summed E-state index contributed by atoms with van der Waals surface area (Å²) < 4.78 is 4.71. The van der Waals surface area contributed by atoms with E-state index in [1.54, 1.807) is 17.4 Å². The normalized spacial score (nSPS) is 10.9. The summed E-state index contributed by atoms with van der Waals surface area (Å²) in [6, 6.07) is 3.64. The van der Waals surface area contributed by atoms with Crippen molar-refractivity contribution in [3.05, 3.63) is 28.2 Å². The van der Waals surface area contributed by atoms with Crippen LogP contribution >= 0.6 is 11.3 Å². The van der Waals surface area contributed by atoms with Crippen LogP contribution in [0.2, 0.25) is 0 Å². The number of nitrogen functional groups attached to an aromatic ring is 1. The number of fused-ring (bicyclic) bond motifs is 1. The van der Waals surface area contributed by atoms with Gasteiger partial charge in [0.15, 0.2) is 11.0 Å². The maximum atomic E-state index is 5.78. The fourth-order valence-corrected chi connectivity index (χ4v) is 2.39. The van der Waals surface area contributed by atoms with Crippen molar-refractivity contribution in [3.8, 4) is 0 Å². The fourth-order valence-electron chi connectivity index (χ4n) is 1.68. The van der Waals surface area contributed by atoms with E-state index in [4.69, 9.17) is 10.4 Å². The van der Waals surface area contributed by atoms with Crippen LogP contribution in [-0.2, 0) is 6.54 Å². The highest BCUT2D eigenvalue weighted by Crippen LogP contribution is 2.25. The van der Waals surface area contributed by atoms with E-state index >= 15 is 0 Å². The van der Waals surface area contributed by atoms with E-state index in [9.17, 15) is 0 Å². The summed E-state index contributed by atoms with van der Waals surface area (Å²) in [5.74, 6) is 0. The van der Waals surface area contributed by atoms with Gasteiger partial charge in [-0.15, -0.1) is 11.3 Å². The molecular weight excluding hydrogens is 250 g/mol. The molecule has 18 heavy (non-hydrogen) atoms. The number of thiazole rings is 1. The summed E-state index contributed by atoms with van der Waals surface area (Å²) in [6.45, 7) is 2.62. The third-order valence-corrected chi connectivity index (χ3v) is 3.51. The van der Waals surface area contributed by atoms with Gasteiger partial charge in [0.1, 0.15) is 5.01 Å². The molecular formula is C11H11N5OS. The van der Waals surface area contributed by atoms with Gasteiger partial charge in [0.05, 0.1) is 17.9 Å². The number of benzene rings is 1. The van der Waals surface area contributed by atoms with E-state index in [-0.39, 0.29) is 0 Å². The van der Waals surface area contributed by atoms with Crippen LogP contribution in [0, 0.1) is 6.92 Å². The smallest absolute Gasteiger partial charge is 0.160 e. The summed E-state index contributed by atoms with van der Waals surface area (Å²) in [4.78, 5) is 4.38. The van der Waals surface area contributed by atoms with Crippen molar-refractivity contribution in [2.24, 2.45) is 0 Å². The van der Waals surface area contributed by atoms with Crippen molar-refractivity contribution in [1.29, 1.82) is 0 Å². The summed E-state index contributed by atoms with van der Waals surface area (Å²) in [7, 11) is 0. The Balaban J connectivity index is 1.86. The van der Waals surface area contributed by atoms with E-state index in [1.165, 1.54) is 0 Å². The predicted octanol–water partition coefficient (Wildman–Crippen LogP) is 2.18. The Morgan fingerprint density at radius 3 is 2.94 bits per heavy atom. The minimum Gasteiger partial charge on any atom is -0.397 e. The highest BCUT2D eigenvalue weighted by Gasteiger charge is 2.10. The number of nitrogens with zero attached hydrogens (tertiary/aromatic N) is 3. The van der Waals surface area contributed by atoms with E-state index in [0.29, 0.717) is 23.3 Å². The Hall–Kier alpha value is -2.15. The summed E-state index contributed by atoms with van der Waals surface area (Å²) in [6.07, 6.45) is 0. The van der Waals surface area contributed by atoms with Gasteiger partial charge in [0.2, 0.25) is 0 Å². The molecule has 0 amide bonds. The second kappa shape index (κ2) is 4.26. The number of nitrogens with two attached hydrogens (primary N) is 1. The third-order valence-electron chi connectivity index (χ3n) is 2.54. The van der Waals surface area contributed by atoms with Gasteiger partial charge in [-0.2, -0.15) is 0 Å². The van der Waals surface area contributed by atoms with Crippen LogP contribution in [0.1, 0.15) is 10.7 Å². The van der Waals surface area contributed by atoms with E-state index in [2.05, 4.69) is 20.6 Å². The molecule has 0 atom stereocenters. The second-order valence-electron chi connectivity index (χ2n) is 3.90. The molecule has 2 heterocycles. The number of aromatic nitrogens is 3. The second-order valence-corrected chi connectivity index (χ2v) is 4.84. The molecule has 0 radical (unpaired) electrons. The summed E-state index contributed by atoms with van der Waals surface area (Å²) in [5.41, 5.74) is 9.43. The molecule has 1 aromatic carbocycles. The van der Waals surface area contributed by atoms with Gasteiger partial charge < -0.3 is 11.1 Å². The number of rotatable bonds is 3. The van der Waals surface area contributed by atoms with E-state index < -0.39 is 0 Å². The van der Waals surface area contributed by atoms with Crippen molar-refractivity contribution in [1.82, 2.24) is 15.3 Å². The average Bonchev–Trinajstić information content (AvgIpc) is 2.98. The first kappa shape index (κ1) is 11.0. The first-order valence-electron chi connectivity index (χ1n) is 5.39. The van der Waals surface area contributed by atoms with Crippen LogP contribution in [0.5, 0.6) is 0 Å². The zero-order valence-electron chi connectivity index (χ0n) is 9.67. The van der Waals surface area contributed by atoms with E-state index in [1.807, 2.05) is 18.4 Å². The van der Waals surface area contributed by atoms with Gasteiger partial charge in [-0.3, -0.25) is 0 Å².